The van der Waals surface area contributed by atoms with Crippen molar-refractivity contribution in [3.63, 3.8) is 0 Å². The maximum Gasteiger partial charge on any atom is 0.322 e. The van der Waals surface area contributed by atoms with E-state index in [0.717, 1.165) is 11.3 Å². The third-order valence-electron chi connectivity index (χ3n) is 3.01. The summed E-state index contributed by atoms with van der Waals surface area (Å²) in [5.41, 5.74) is 6.50. The number of carbonyl (C=O) groups is 1. The van der Waals surface area contributed by atoms with Crippen molar-refractivity contribution in [3.05, 3.63) is 29.8 Å². The molecular weight excluding hydrogens is 230 g/mol. The van der Waals surface area contributed by atoms with E-state index in [-0.39, 0.29) is 18.0 Å². The molecule has 0 radical (unpaired) electrons. The summed E-state index contributed by atoms with van der Waals surface area (Å²) in [5, 5.41) is 0. The maximum atomic E-state index is 11.5. The van der Waals surface area contributed by atoms with Gasteiger partial charge in [0.2, 0.25) is 0 Å². The molecule has 18 heavy (non-hydrogen) atoms. The van der Waals surface area contributed by atoms with Crippen molar-refractivity contribution in [2.24, 2.45) is 5.73 Å². The lowest BCUT2D eigenvalue weighted by molar-refractivity contribution is -0.150. The molecule has 0 saturated carbocycles. The standard InChI is InChI=1S/C14H21NO3/c1-9(11(3)18-14(16)10(2)15)12-7-5-6-8-13(12)17-4/h5-11H,15H2,1-4H3/t9-,10+,11+/m1/s1. The van der Waals surface area contributed by atoms with Gasteiger partial charge in [-0.15, -0.1) is 0 Å². The molecule has 1 aromatic rings. The molecule has 0 amide bonds. The Balaban J connectivity index is 2.80. The smallest absolute Gasteiger partial charge is 0.322 e. The average Bonchev–Trinajstić information content (AvgIpc) is 2.37. The van der Waals surface area contributed by atoms with Crippen LogP contribution in [0.2, 0.25) is 0 Å². The van der Waals surface area contributed by atoms with E-state index in [1.165, 1.54) is 0 Å². The first-order valence-corrected chi connectivity index (χ1v) is 6.06. The van der Waals surface area contributed by atoms with Crippen molar-refractivity contribution < 1.29 is 14.3 Å². The van der Waals surface area contributed by atoms with Gasteiger partial charge < -0.3 is 15.2 Å². The highest BCUT2D eigenvalue weighted by atomic mass is 16.5. The predicted molar refractivity (Wildman–Crippen MR) is 70.6 cm³/mol. The molecule has 0 aliphatic heterocycles. The molecule has 0 aromatic heterocycles. The Kier molecular flexibility index (Phi) is 5.16. The van der Waals surface area contributed by atoms with Gasteiger partial charge in [-0.2, -0.15) is 0 Å². The third-order valence-corrected chi connectivity index (χ3v) is 3.01. The van der Waals surface area contributed by atoms with Gasteiger partial charge in [-0.3, -0.25) is 4.79 Å². The Bertz CT molecular complexity index is 404. The summed E-state index contributed by atoms with van der Waals surface area (Å²) >= 11 is 0. The lowest BCUT2D eigenvalue weighted by Crippen LogP contribution is -2.33. The minimum atomic E-state index is -0.600. The number of carbonyl (C=O) groups excluding carboxylic acids is 1. The minimum Gasteiger partial charge on any atom is -0.496 e. The zero-order chi connectivity index (χ0) is 13.7. The number of esters is 1. The van der Waals surface area contributed by atoms with Crippen LogP contribution in [0.4, 0.5) is 0 Å². The normalized spacial score (nSPS) is 15.6. The summed E-state index contributed by atoms with van der Waals surface area (Å²) in [6.07, 6.45) is -0.250. The second-order valence-electron chi connectivity index (χ2n) is 4.46. The second kappa shape index (κ2) is 6.40. The van der Waals surface area contributed by atoms with Crippen molar-refractivity contribution in [2.75, 3.05) is 7.11 Å². The van der Waals surface area contributed by atoms with Crippen LogP contribution in [0, 0.1) is 0 Å². The summed E-state index contributed by atoms with van der Waals surface area (Å²) in [4.78, 5) is 11.5. The van der Waals surface area contributed by atoms with Crippen molar-refractivity contribution in [1.29, 1.82) is 0 Å². The van der Waals surface area contributed by atoms with Gasteiger partial charge >= 0.3 is 5.97 Å². The fraction of sp³-hybridized carbons (Fsp3) is 0.500. The van der Waals surface area contributed by atoms with Crippen molar-refractivity contribution in [1.82, 2.24) is 0 Å². The van der Waals surface area contributed by atoms with Gasteiger partial charge in [0.25, 0.3) is 0 Å². The molecule has 0 spiro atoms. The molecule has 0 aliphatic carbocycles. The van der Waals surface area contributed by atoms with E-state index >= 15 is 0 Å². The number of hydrogen-bond donors (Lipinski definition) is 1. The van der Waals surface area contributed by atoms with Crippen LogP contribution in [0.1, 0.15) is 32.3 Å². The van der Waals surface area contributed by atoms with Gasteiger partial charge in [-0.1, -0.05) is 25.1 Å². The first-order valence-electron chi connectivity index (χ1n) is 6.06. The number of nitrogens with two attached hydrogens (primary N) is 1. The molecule has 4 nitrogen and oxygen atoms in total. The van der Waals surface area contributed by atoms with Crippen molar-refractivity contribution >= 4 is 5.97 Å². The molecule has 0 heterocycles. The molecule has 1 aromatic carbocycles. The van der Waals surface area contributed by atoms with Gasteiger partial charge in [0.15, 0.2) is 0 Å². The Morgan fingerprint density at radius 2 is 1.83 bits per heavy atom. The zero-order valence-electron chi connectivity index (χ0n) is 11.3. The van der Waals surface area contributed by atoms with Gasteiger partial charge in [0.05, 0.1) is 7.11 Å². The molecule has 0 saturated heterocycles. The molecule has 0 fully saturated rings. The van der Waals surface area contributed by atoms with Crippen LogP contribution in [0.25, 0.3) is 0 Å². The summed E-state index contributed by atoms with van der Waals surface area (Å²) < 4.78 is 10.6. The van der Waals surface area contributed by atoms with E-state index in [9.17, 15) is 4.79 Å². The van der Waals surface area contributed by atoms with Gasteiger partial charge in [-0.05, 0) is 19.9 Å². The monoisotopic (exact) mass is 251 g/mol. The number of benzene rings is 1. The first kappa shape index (κ1) is 14.5. The Hall–Kier alpha value is -1.55. The number of para-hydroxylation sites is 1. The van der Waals surface area contributed by atoms with Crippen LogP contribution >= 0.6 is 0 Å². The van der Waals surface area contributed by atoms with Gasteiger partial charge in [-0.25, -0.2) is 0 Å². The van der Waals surface area contributed by atoms with Crippen LogP contribution in [0.15, 0.2) is 24.3 Å². The van der Waals surface area contributed by atoms with Gasteiger partial charge in [0, 0.05) is 11.5 Å². The molecule has 3 atom stereocenters. The molecule has 0 unspecified atom stereocenters. The summed E-state index contributed by atoms with van der Waals surface area (Å²) in [6.45, 7) is 5.47. The quantitative estimate of drug-likeness (QED) is 0.814. The Morgan fingerprint density at radius 1 is 1.22 bits per heavy atom. The summed E-state index contributed by atoms with van der Waals surface area (Å²) in [7, 11) is 1.63. The number of rotatable bonds is 5. The Labute approximate surface area is 108 Å². The highest BCUT2D eigenvalue weighted by molar-refractivity contribution is 5.75. The topological polar surface area (TPSA) is 61.5 Å². The van der Waals surface area contributed by atoms with Crippen LogP contribution in [-0.4, -0.2) is 25.2 Å². The van der Waals surface area contributed by atoms with Crippen LogP contribution in [-0.2, 0) is 9.53 Å². The molecule has 4 heteroatoms. The van der Waals surface area contributed by atoms with E-state index in [1.807, 2.05) is 38.1 Å². The summed E-state index contributed by atoms with van der Waals surface area (Å²) in [6, 6.07) is 7.12. The van der Waals surface area contributed by atoms with E-state index < -0.39 is 6.04 Å². The predicted octanol–water partition coefficient (Wildman–Crippen LogP) is 2.08. The van der Waals surface area contributed by atoms with Crippen LogP contribution in [0.3, 0.4) is 0 Å². The number of hydrogen-bond acceptors (Lipinski definition) is 4. The highest BCUT2D eigenvalue weighted by Crippen LogP contribution is 2.29. The SMILES string of the molecule is COc1ccccc1[C@H](C)[C@H](C)OC(=O)[C@H](C)N. The maximum absolute atomic E-state index is 11.5. The number of methoxy groups -OCH3 is 1. The van der Waals surface area contributed by atoms with E-state index in [2.05, 4.69) is 0 Å². The number of ether oxygens (including phenoxy) is 2. The minimum absolute atomic E-state index is 0.0452. The third kappa shape index (κ3) is 3.47. The second-order valence-corrected chi connectivity index (χ2v) is 4.46. The molecule has 1 rings (SSSR count). The van der Waals surface area contributed by atoms with Crippen LogP contribution < -0.4 is 10.5 Å². The van der Waals surface area contributed by atoms with Gasteiger partial charge in [0.1, 0.15) is 17.9 Å². The fourth-order valence-corrected chi connectivity index (χ4v) is 1.69. The first-order chi connectivity index (χ1) is 8.47. The molecule has 2 N–H and O–H groups in total. The molecule has 100 valence electrons. The largest absolute Gasteiger partial charge is 0.496 e. The highest BCUT2D eigenvalue weighted by Gasteiger charge is 2.22. The molecular formula is C14H21NO3. The fourth-order valence-electron chi connectivity index (χ4n) is 1.69. The summed E-state index contributed by atoms with van der Waals surface area (Å²) in [5.74, 6) is 0.460. The van der Waals surface area contributed by atoms with E-state index in [0.29, 0.717) is 0 Å². The Morgan fingerprint density at radius 3 is 2.39 bits per heavy atom. The van der Waals surface area contributed by atoms with Crippen molar-refractivity contribution in [2.45, 2.75) is 38.8 Å². The lowest BCUT2D eigenvalue weighted by Gasteiger charge is -2.23. The molecule has 0 aliphatic rings. The zero-order valence-corrected chi connectivity index (χ0v) is 11.3. The van der Waals surface area contributed by atoms with E-state index in [1.54, 1.807) is 14.0 Å². The average molecular weight is 251 g/mol. The van der Waals surface area contributed by atoms with Crippen LogP contribution in [0.5, 0.6) is 5.75 Å². The van der Waals surface area contributed by atoms with Crippen molar-refractivity contribution in [3.8, 4) is 5.75 Å². The van der Waals surface area contributed by atoms with E-state index in [4.69, 9.17) is 15.2 Å². The lowest BCUT2D eigenvalue weighted by atomic mass is 9.95. The molecule has 0 bridgehead atoms.